The minimum Gasteiger partial charge on any atom is -0.378 e. The van der Waals surface area contributed by atoms with Crippen LogP contribution in [0.15, 0.2) is 48.5 Å². The SMILES string of the molecule is O=C(CNC(=O)c1ccccc1F)Nc1ccccc1N1CCOCC1. The molecular formula is C19H20FN3O3. The van der Waals surface area contributed by atoms with E-state index < -0.39 is 11.7 Å². The lowest BCUT2D eigenvalue weighted by molar-refractivity contribution is -0.115. The smallest absolute Gasteiger partial charge is 0.254 e. The van der Waals surface area contributed by atoms with Gasteiger partial charge in [-0.05, 0) is 24.3 Å². The van der Waals surface area contributed by atoms with Crippen molar-refractivity contribution in [1.29, 1.82) is 0 Å². The van der Waals surface area contributed by atoms with Crippen LogP contribution in [0.4, 0.5) is 15.8 Å². The van der Waals surface area contributed by atoms with E-state index in [1.807, 2.05) is 18.2 Å². The molecule has 0 bridgehead atoms. The van der Waals surface area contributed by atoms with Gasteiger partial charge in [-0.3, -0.25) is 9.59 Å². The third-order valence-corrected chi connectivity index (χ3v) is 4.06. The number of ether oxygens (including phenoxy) is 1. The number of anilines is 2. The number of rotatable bonds is 5. The van der Waals surface area contributed by atoms with Crippen molar-refractivity contribution in [1.82, 2.24) is 5.32 Å². The molecule has 6 nitrogen and oxygen atoms in total. The van der Waals surface area contributed by atoms with Crippen LogP contribution in [-0.4, -0.2) is 44.7 Å². The Labute approximate surface area is 150 Å². The fraction of sp³-hybridized carbons (Fsp3) is 0.263. The normalized spacial score (nSPS) is 14.0. The molecule has 0 unspecified atom stereocenters. The van der Waals surface area contributed by atoms with Gasteiger partial charge in [0.05, 0.1) is 36.7 Å². The molecule has 3 rings (SSSR count). The van der Waals surface area contributed by atoms with Crippen LogP contribution in [-0.2, 0) is 9.53 Å². The van der Waals surface area contributed by atoms with Gasteiger partial charge in [-0.25, -0.2) is 4.39 Å². The van der Waals surface area contributed by atoms with Crippen molar-refractivity contribution in [3.63, 3.8) is 0 Å². The van der Waals surface area contributed by atoms with E-state index in [4.69, 9.17) is 4.74 Å². The first-order valence-corrected chi connectivity index (χ1v) is 8.39. The molecule has 0 spiro atoms. The minimum atomic E-state index is -0.625. The third-order valence-electron chi connectivity index (χ3n) is 4.06. The van der Waals surface area contributed by atoms with E-state index in [9.17, 15) is 14.0 Å². The van der Waals surface area contributed by atoms with Gasteiger partial charge in [-0.2, -0.15) is 0 Å². The van der Waals surface area contributed by atoms with Crippen molar-refractivity contribution in [3.05, 3.63) is 59.9 Å². The molecule has 136 valence electrons. The molecule has 1 aliphatic rings. The standard InChI is InChI=1S/C19H20FN3O3/c20-15-6-2-1-5-14(15)19(25)21-13-18(24)22-16-7-3-4-8-17(16)23-9-11-26-12-10-23/h1-8H,9-13H2,(H,21,25)(H,22,24). The van der Waals surface area contributed by atoms with Gasteiger partial charge >= 0.3 is 0 Å². The number of benzene rings is 2. The third kappa shape index (κ3) is 4.37. The summed E-state index contributed by atoms with van der Waals surface area (Å²) in [4.78, 5) is 26.3. The molecule has 0 aliphatic carbocycles. The number of hydrogen-bond acceptors (Lipinski definition) is 4. The van der Waals surface area contributed by atoms with E-state index in [-0.39, 0.29) is 18.0 Å². The van der Waals surface area contributed by atoms with Gasteiger partial charge in [0.15, 0.2) is 0 Å². The van der Waals surface area contributed by atoms with Gasteiger partial charge in [0.25, 0.3) is 5.91 Å². The highest BCUT2D eigenvalue weighted by molar-refractivity contribution is 6.00. The Morgan fingerprint density at radius 3 is 2.50 bits per heavy atom. The first-order chi connectivity index (χ1) is 12.6. The number of halogens is 1. The number of nitrogens with zero attached hydrogens (tertiary/aromatic N) is 1. The fourth-order valence-electron chi connectivity index (χ4n) is 2.75. The van der Waals surface area contributed by atoms with Crippen LogP contribution in [0, 0.1) is 5.82 Å². The van der Waals surface area contributed by atoms with Crippen molar-refractivity contribution >= 4 is 23.2 Å². The highest BCUT2D eigenvalue weighted by Crippen LogP contribution is 2.26. The Hall–Kier alpha value is -2.93. The molecule has 0 radical (unpaired) electrons. The Kier molecular flexibility index (Phi) is 5.80. The molecule has 1 saturated heterocycles. The Morgan fingerprint density at radius 1 is 1.04 bits per heavy atom. The van der Waals surface area contributed by atoms with Crippen LogP contribution in [0.3, 0.4) is 0 Å². The summed E-state index contributed by atoms with van der Waals surface area (Å²) in [5.74, 6) is -1.63. The van der Waals surface area contributed by atoms with Crippen LogP contribution in [0.5, 0.6) is 0 Å². The summed E-state index contributed by atoms with van der Waals surface area (Å²) in [6, 6.07) is 13.1. The van der Waals surface area contributed by atoms with Crippen molar-refractivity contribution in [2.45, 2.75) is 0 Å². The molecule has 0 atom stereocenters. The largest absolute Gasteiger partial charge is 0.378 e. The van der Waals surface area contributed by atoms with Gasteiger partial charge < -0.3 is 20.3 Å². The molecule has 26 heavy (non-hydrogen) atoms. The zero-order valence-corrected chi connectivity index (χ0v) is 14.2. The molecule has 1 fully saturated rings. The van der Waals surface area contributed by atoms with E-state index in [1.165, 1.54) is 18.2 Å². The molecule has 1 heterocycles. The molecular weight excluding hydrogens is 337 g/mol. The quantitative estimate of drug-likeness (QED) is 0.859. The minimum absolute atomic E-state index is 0.0889. The van der Waals surface area contributed by atoms with E-state index >= 15 is 0 Å². The van der Waals surface area contributed by atoms with E-state index in [2.05, 4.69) is 15.5 Å². The first-order valence-electron chi connectivity index (χ1n) is 8.39. The summed E-state index contributed by atoms with van der Waals surface area (Å²) in [5, 5.41) is 5.23. The first kappa shape index (κ1) is 17.9. The van der Waals surface area contributed by atoms with Gasteiger partial charge in [-0.15, -0.1) is 0 Å². The van der Waals surface area contributed by atoms with Crippen molar-refractivity contribution in [3.8, 4) is 0 Å². The van der Waals surface area contributed by atoms with E-state index in [0.717, 1.165) is 18.8 Å². The zero-order chi connectivity index (χ0) is 18.4. The summed E-state index contributed by atoms with van der Waals surface area (Å²) in [6.07, 6.45) is 0. The molecule has 2 aromatic rings. The van der Waals surface area contributed by atoms with E-state index in [0.29, 0.717) is 18.9 Å². The van der Waals surface area contributed by atoms with Crippen LogP contribution in [0.1, 0.15) is 10.4 Å². The van der Waals surface area contributed by atoms with Gasteiger partial charge in [0.1, 0.15) is 5.82 Å². The Balaban J connectivity index is 1.60. The maximum absolute atomic E-state index is 13.6. The van der Waals surface area contributed by atoms with E-state index in [1.54, 1.807) is 12.1 Å². The second kappa shape index (κ2) is 8.44. The predicted octanol–water partition coefficient (Wildman–Crippen LogP) is 2.03. The topological polar surface area (TPSA) is 70.7 Å². The van der Waals surface area contributed by atoms with Gasteiger partial charge in [-0.1, -0.05) is 24.3 Å². The van der Waals surface area contributed by atoms with Crippen molar-refractivity contribution in [2.24, 2.45) is 0 Å². The lowest BCUT2D eigenvalue weighted by Crippen LogP contribution is -2.37. The molecule has 2 N–H and O–H groups in total. The van der Waals surface area contributed by atoms with Gasteiger partial charge in [0, 0.05) is 13.1 Å². The lowest BCUT2D eigenvalue weighted by Gasteiger charge is -2.30. The number of para-hydroxylation sites is 2. The Morgan fingerprint density at radius 2 is 1.73 bits per heavy atom. The summed E-state index contributed by atoms with van der Waals surface area (Å²) < 4.78 is 18.9. The molecule has 2 aromatic carbocycles. The number of morpholine rings is 1. The predicted molar refractivity (Wildman–Crippen MR) is 96.8 cm³/mol. The van der Waals surface area contributed by atoms with Crippen molar-refractivity contribution < 1.29 is 18.7 Å². The van der Waals surface area contributed by atoms with Gasteiger partial charge in [0.2, 0.25) is 5.91 Å². The number of amides is 2. The maximum Gasteiger partial charge on any atom is 0.254 e. The Bertz CT molecular complexity index is 791. The number of nitrogens with one attached hydrogen (secondary N) is 2. The fourth-order valence-corrected chi connectivity index (χ4v) is 2.75. The van der Waals surface area contributed by atoms with Crippen LogP contribution >= 0.6 is 0 Å². The number of carbonyl (C=O) groups is 2. The average Bonchev–Trinajstić information content (AvgIpc) is 2.67. The highest BCUT2D eigenvalue weighted by Gasteiger charge is 2.16. The highest BCUT2D eigenvalue weighted by atomic mass is 19.1. The number of carbonyl (C=O) groups excluding carboxylic acids is 2. The van der Waals surface area contributed by atoms with Crippen LogP contribution < -0.4 is 15.5 Å². The molecule has 0 saturated carbocycles. The van der Waals surface area contributed by atoms with Crippen molar-refractivity contribution in [2.75, 3.05) is 43.1 Å². The number of hydrogen-bond donors (Lipinski definition) is 2. The summed E-state index contributed by atoms with van der Waals surface area (Å²) in [5.41, 5.74) is 1.48. The second-order valence-electron chi connectivity index (χ2n) is 5.83. The molecule has 1 aliphatic heterocycles. The van der Waals surface area contributed by atoms with Crippen LogP contribution in [0.2, 0.25) is 0 Å². The zero-order valence-electron chi connectivity index (χ0n) is 14.2. The summed E-state index contributed by atoms with van der Waals surface area (Å²) in [6.45, 7) is 2.53. The van der Waals surface area contributed by atoms with Crippen LogP contribution in [0.25, 0.3) is 0 Å². The lowest BCUT2D eigenvalue weighted by atomic mass is 10.2. The maximum atomic E-state index is 13.6. The molecule has 7 heteroatoms. The second-order valence-corrected chi connectivity index (χ2v) is 5.83. The monoisotopic (exact) mass is 357 g/mol. The molecule has 0 aromatic heterocycles. The summed E-state index contributed by atoms with van der Waals surface area (Å²) >= 11 is 0. The average molecular weight is 357 g/mol. The summed E-state index contributed by atoms with van der Waals surface area (Å²) in [7, 11) is 0. The molecule has 2 amide bonds.